The number of nitrogens with zero attached hydrogens (tertiary/aromatic N) is 1. The molecule has 1 aromatic heterocycles. The summed E-state index contributed by atoms with van der Waals surface area (Å²) in [5, 5.41) is 12.2. The number of hydrogen-bond donors (Lipinski definition) is 1. The van der Waals surface area contributed by atoms with Crippen molar-refractivity contribution < 1.29 is 5.11 Å². The number of hydrogen-bond acceptors (Lipinski definition) is 3. The monoisotopic (exact) mass is 311 g/mol. The van der Waals surface area contributed by atoms with Crippen LogP contribution in [0.4, 0.5) is 0 Å². The molecule has 1 atom stereocenters. The lowest BCUT2D eigenvalue weighted by Gasteiger charge is -2.02. The van der Waals surface area contributed by atoms with Crippen LogP contribution in [0.1, 0.15) is 29.1 Å². The first-order chi connectivity index (χ1) is 8.19. The van der Waals surface area contributed by atoms with Gasteiger partial charge >= 0.3 is 0 Å². The van der Waals surface area contributed by atoms with E-state index in [1.165, 1.54) is 5.56 Å². The van der Waals surface area contributed by atoms with Crippen LogP contribution >= 0.6 is 27.3 Å². The molecule has 1 unspecified atom stereocenters. The van der Waals surface area contributed by atoms with Gasteiger partial charge in [-0.15, -0.1) is 11.3 Å². The summed E-state index contributed by atoms with van der Waals surface area (Å²) in [4.78, 5) is 4.55. The molecule has 17 heavy (non-hydrogen) atoms. The van der Waals surface area contributed by atoms with Crippen LogP contribution in [0, 0.1) is 0 Å². The van der Waals surface area contributed by atoms with Crippen molar-refractivity contribution in [3.05, 3.63) is 50.4 Å². The van der Waals surface area contributed by atoms with Crippen molar-refractivity contribution in [2.75, 3.05) is 6.61 Å². The van der Waals surface area contributed by atoms with Gasteiger partial charge in [-0.1, -0.05) is 35.0 Å². The highest BCUT2D eigenvalue weighted by Gasteiger charge is 2.09. The second kappa shape index (κ2) is 5.76. The predicted molar refractivity (Wildman–Crippen MR) is 74.6 cm³/mol. The van der Waals surface area contributed by atoms with E-state index in [1.54, 1.807) is 11.3 Å². The molecule has 1 heterocycles. The highest BCUT2D eigenvalue weighted by Crippen LogP contribution is 2.21. The molecule has 1 N–H and O–H groups in total. The van der Waals surface area contributed by atoms with Gasteiger partial charge < -0.3 is 5.11 Å². The first-order valence-corrected chi connectivity index (χ1v) is 7.16. The van der Waals surface area contributed by atoms with Crippen LogP contribution in [0.2, 0.25) is 0 Å². The summed E-state index contributed by atoms with van der Waals surface area (Å²) >= 11 is 5.12. The third-order valence-electron chi connectivity index (χ3n) is 2.59. The third-order valence-corrected chi connectivity index (χ3v) is 3.95. The molecule has 0 saturated carbocycles. The van der Waals surface area contributed by atoms with Gasteiger partial charge in [0.05, 0.1) is 17.3 Å². The van der Waals surface area contributed by atoms with Crippen LogP contribution in [-0.4, -0.2) is 16.7 Å². The lowest BCUT2D eigenvalue weighted by molar-refractivity contribution is 0.271. The lowest BCUT2D eigenvalue weighted by atomic mass is 10.1. The average molecular weight is 312 g/mol. The van der Waals surface area contributed by atoms with Gasteiger partial charge in [-0.2, -0.15) is 0 Å². The Morgan fingerprint density at radius 3 is 3.00 bits per heavy atom. The Kier molecular flexibility index (Phi) is 4.31. The fourth-order valence-electron chi connectivity index (χ4n) is 1.55. The molecule has 2 nitrogen and oxygen atoms in total. The highest BCUT2D eigenvalue weighted by atomic mass is 79.9. The molecular weight excluding hydrogens is 298 g/mol. The predicted octanol–water partition coefficient (Wildman–Crippen LogP) is 3.59. The first kappa shape index (κ1) is 12.7. The summed E-state index contributed by atoms with van der Waals surface area (Å²) in [6, 6.07) is 8.26. The van der Waals surface area contributed by atoms with Gasteiger partial charge in [-0.05, 0) is 17.7 Å². The minimum Gasteiger partial charge on any atom is -0.396 e. The SMILES string of the molecule is CC(CO)c1csc(Cc2cccc(Br)c2)n1. The Morgan fingerprint density at radius 2 is 2.29 bits per heavy atom. The van der Waals surface area contributed by atoms with E-state index in [4.69, 9.17) is 5.11 Å². The minimum absolute atomic E-state index is 0.127. The Bertz CT molecular complexity index is 498. The smallest absolute Gasteiger partial charge is 0.0972 e. The number of rotatable bonds is 4. The number of halogens is 1. The van der Waals surface area contributed by atoms with E-state index in [9.17, 15) is 0 Å². The van der Waals surface area contributed by atoms with E-state index in [1.807, 2.05) is 24.4 Å². The van der Waals surface area contributed by atoms with Gasteiger partial charge in [0.1, 0.15) is 0 Å². The molecule has 0 saturated heterocycles. The zero-order valence-corrected chi connectivity index (χ0v) is 12.0. The fraction of sp³-hybridized carbons (Fsp3) is 0.308. The van der Waals surface area contributed by atoms with Gasteiger partial charge in [0.2, 0.25) is 0 Å². The van der Waals surface area contributed by atoms with Crippen molar-refractivity contribution in [3.63, 3.8) is 0 Å². The Labute approximate surface area is 113 Å². The summed E-state index contributed by atoms with van der Waals surface area (Å²) in [7, 11) is 0. The Morgan fingerprint density at radius 1 is 1.47 bits per heavy atom. The minimum atomic E-state index is 0.127. The van der Waals surface area contributed by atoms with Crippen LogP contribution in [0.25, 0.3) is 0 Å². The van der Waals surface area contributed by atoms with Gasteiger partial charge in [0, 0.05) is 22.2 Å². The molecule has 4 heteroatoms. The van der Waals surface area contributed by atoms with Crippen LogP contribution in [-0.2, 0) is 6.42 Å². The maximum Gasteiger partial charge on any atom is 0.0972 e. The number of thiazole rings is 1. The summed E-state index contributed by atoms with van der Waals surface area (Å²) in [5.41, 5.74) is 2.24. The van der Waals surface area contributed by atoms with E-state index in [2.05, 4.69) is 33.0 Å². The van der Waals surface area contributed by atoms with Crippen molar-refractivity contribution in [2.45, 2.75) is 19.3 Å². The molecule has 2 aromatic rings. The molecule has 0 aliphatic heterocycles. The second-order valence-corrected chi connectivity index (χ2v) is 5.91. The van der Waals surface area contributed by atoms with Crippen LogP contribution < -0.4 is 0 Å². The van der Waals surface area contributed by atoms with Gasteiger partial charge in [0.25, 0.3) is 0 Å². The topological polar surface area (TPSA) is 33.1 Å². The molecule has 90 valence electrons. The summed E-state index contributed by atoms with van der Waals surface area (Å²) < 4.78 is 1.09. The van der Waals surface area contributed by atoms with Crippen molar-refractivity contribution in [1.29, 1.82) is 0 Å². The van der Waals surface area contributed by atoms with Crippen LogP contribution in [0.3, 0.4) is 0 Å². The summed E-state index contributed by atoms with van der Waals surface area (Å²) in [6.07, 6.45) is 0.849. The second-order valence-electron chi connectivity index (χ2n) is 4.06. The highest BCUT2D eigenvalue weighted by molar-refractivity contribution is 9.10. The Balaban J connectivity index is 2.11. The van der Waals surface area contributed by atoms with E-state index in [-0.39, 0.29) is 12.5 Å². The molecule has 0 radical (unpaired) electrons. The van der Waals surface area contributed by atoms with Crippen molar-refractivity contribution in [2.24, 2.45) is 0 Å². The third kappa shape index (κ3) is 3.37. The molecule has 0 bridgehead atoms. The van der Waals surface area contributed by atoms with E-state index in [0.29, 0.717) is 0 Å². The van der Waals surface area contributed by atoms with Gasteiger partial charge in [-0.3, -0.25) is 0 Å². The van der Waals surface area contributed by atoms with Gasteiger partial charge in [0.15, 0.2) is 0 Å². The molecular formula is C13H14BrNOS. The van der Waals surface area contributed by atoms with Crippen molar-refractivity contribution >= 4 is 27.3 Å². The fourth-order valence-corrected chi connectivity index (χ4v) is 2.94. The van der Waals surface area contributed by atoms with Crippen molar-refractivity contribution in [3.8, 4) is 0 Å². The standard InChI is InChI=1S/C13H14BrNOS/c1-9(7-16)12-8-17-13(15-12)6-10-3-2-4-11(14)5-10/h2-5,8-9,16H,6-7H2,1H3. The Hall–Kier alpha value is -0.710. The number of aliphatic hydroxyl groups excluding tert-OH is 1. The number of aromatic nitrogens is 1. The first-order valence-electron chi connectivity index (χ1n) is 5.48. The quantitative estimate of drug-likeness (QED) is 0.936. The maximum absolute atomic E-state index is 9.08. The number of aliphatic hydroxyl groups is 1. The van der Waals surface area contributed by atoms with Crippen LogP contribution in [0.15, 0.2) is 34.1 Å². The van der Waals surface area contributed by atoms with Crippen molar-refractivity contribution in [1.82, 2.24) is 4.98 Å². The molecule has 0 aliphatic carbocycles. The average Bonchev–Trinajstić information content (AvgIpc) is 2.76. The molecule has 0 spiro atoms. The molecule has 0 fully saturated rings. The van der Waals surface area contributed by atoms with Crippen LogP contribution in [0.5, 0.6) is 0 Å². The zero-order valence-electron chi connectivity index (χ0n) is 9.56. The van der Waals surface area contributed by atoms with E-state index >= 15 is 0 Å². The molecule has 1 aromatic carbocycles. The lowest BCUT2D eigenvalue weighted by Crippen LogP contribution is -1.99. The molecule has 0 aliphatic rings. The molecule has 2 rings (SSSR count). The largest absolute Gasteiger partial charge is 0.396 e. The maximum atomic E-state index is 9.08. The van der Waals surface area contributed by atoms with E-state index < -0.39 is 0 Å². The summed E-state index contributed by atoms with van der Waals surface area (Å²) in [6.45, 7) is 2.14. The number of benzene rings is 1. The summed E-state index contributed by atoms with van der Waals surface area (Å²) in [5.74, 6) is 0.127. The zero-order chi connectivity index (χ0) is 12.3. The normalized spacial score (nSPS) is 12.6. The molecule has 0 amide bonds. The van der Waals surface area contributed by atoms with E-state index in [0.717, 1.165) is 21.6 Å². The van der Waals surface area contributed by atoms with Gasteiger partial charge in [-0.25, -0.2) is 4.98 Å².